The van der Waals surface area contributed by atoms with Crippen LogP contribution in [0.1, 0.15) is 32.8 Å². The van der Waals surface area contributed by atoms with Gasteiger partial charge in [0, 0.05) is 18.5 Å². The molecule has 0 fully saturated rings. The Morgan fingerprint density at radius 3 is 2.83 bits per heavy atom. The number of H-pyrrole nitrogens is 1. The Balaban J connectivity index is 1.76. The summed E-state index contributed by atoms with van der Waals surface area (Å²) in [4.78, 5) is 13.7. The Labute approximate surface area is 134 Å². The zero-order valence-electron chi connectivity index (χ0n) is 13.5. The molecule has 0 saturated heterocycles. The van der Waals surface area contributed by atoms with E-state index < -0.39 is 5.60 Å². The van der Waals surface area contributed by atoms with Crippen LogP contribution in [0, 0.1) is 5.82 Å². The Morgan fingerprint density at radius 2 is 2.17 bits per heavy atom. The lowest BCUT2D eigenvalue weighted by Crippen LogP contribution is -2.39. The minimum Gasteiger partial charge on any atom is -0.444 e. The van der Waals surface area contributed by atoms with E-state index in [2.05, 4.69) is 10.2 Å². The van der Waals surface area contributed by atoms with Gasteiger partial charge in [0.2, 0.25) is 0 Å². The number of benzene rings is 1. The van der Waals surface area contributed by atoms with Gasteiger partial charge in [-0.2, -0.15) is 5.10 Å². The predicted octanol–water partition coefficient (Wildman–Crippen LogP) is 3.73. The van der Waals surface area contributed by atoms with E-state index in [9.17, 15) is 9.18 Å². The number of carbonyl (C=O) groups excluding carboxylic acids is 1. The minimum atomic E-state index is -0.503. The molecule has 1 aliphatic heterocycles. The first-order valence-electron chi connectivity index (χ1n) is 7.63. The molecule has 23 heavy (non-hydrogen) atoms. The first kappa shape index (κ1) is 15.5. The molecule has 1 aromatic carbocycles. The normalized spacial score (nSPS) is 15.7. The molecular formula is C17H20FN3O2. The van der Waals surface area contributed by atoms with Crippen LogP contribution in [-0.4, -0.2) is 39.9 Å². The Kier molecular flexibility index (Phi) is 3.83. The summed E-state index contributed by atoms with van der Waals surface area (Å²) >= 11 is 0. The van der Waals surface area contributed by atoms with Gasteiger partial charge in [0.05, 0.1) is 6.20 Å². The molecule has 5 nitrogen and oxygen atoms in total. The van der Waals surface area contributed by atoms with Crippen LogP contribution in [0.25, 0.3) is 16.5 Å². The number of nitrogens with one attached hydrogen (secondary N) is 1. The van der Waals surface area contributed by atoms with Crippen molar-refractivity contribution in [3.63, 3.8) is 0 Å². The third kappa shape index (κ3) is 3.36. The van der Waals surface area contributed by atoms with Crippen LogP contribution in [0.3, 0.4) is 0 Å². The topological polar surface area (TPSA) is 58.2 Å². The first-order chi connectivity index (χ1) is 10.8. The molecule has 0 bridgehead atoms. The molecule has 1 aliphatic rings. The Hall–Kier alpha value is -2.37. The van der Waals surface area contributed by atoms with Crippen molar-refractivity contribution in [1.29, 1.82) is 0 Å². The van der Waals surface area contributed by atoms with Crippen molar-refractivity contribution in [1.82, 2.24) is 15.1 Å². The van der Waals surface area contributed by atoms with Crippen LogP contribution in [0.4, 0.5) is 9.18 Å². The van der Waals surface area contributed by atoms with Gasteiger partial charge in [-0.15, -0.1) is 0 Å². The maximum absolute atomic E-state index is 14.0. The van der Waals surface area contributed by atoms with Gasteiger partial charge in [-0.1, -0.05) is 6.08 Å². The second kappa shape index (κ2) is 5.68. The van der Waals surface area contributed by atoms with Gasteiger partial charge in [0.1, 0.15) is 16.9 Å². The van der Waals surface area contributed by atoms with Crippen molar-refractivity contribution in [3.05, 3.63) is 35.8 Å². The molecule has 3 rings (SSSR count). The monoisotopic (exact) mass is 317 g/mol. The summed E-state index contributed by atoms with van der Waals surface area (Å²) in [6.45, 7) is 6.57. The largest absolute Gasteiger partial charge is 0.444 e. The Morgan fingerprint density at radius 1 is 1.39 bits per heavy atom. The van der Waals surface area contributed by atoms with Crippen LogP contribution in [-0.2, 0) is 4.74 Å². The number of aromatic amines is 1. The van der Waals surface area contributed by atoms with Gasteiger partial charge in [-0.05, 0) is 50.5 Å². The quantitative estimate of drug-likeness (QED) is 0.872. The number of rotatable bonds is 1. The molecule has 1 aromatic heterocycles. The van der Waals surface area contributed by atoms with Crippen molar-refractivity contribution in [2.24, 2.45) is 0 Å². The molecule has 0 spiro atoms. The van der Waals surface area contributed by atoms with Crippen LogP contribution in [0.5, 0.6) is 0 Å². The summed E-state index contributed by atoms with van der Waals surface area (Å²) < 4.78 is 19.4. The molecule has 0 atom stereocenters. The van der Waals surface area contributed by atoms with E-state index >= 15 is 0 Å². The van der Waals surface area contributed by atoms with Crippen molar-refractivity contribution in [2.45, 2.75) is 32.8 Å². The standard InChI is InChI=1S/C17H20FN3O2/c1-17(2,3)23-16(22)21-6-4-11(5-7-21)12-8-13-10-19-20-15(13)14(18)9-12/h4,8-10H,5-7H2,1-3H3,(H,19,20). The average molecular weight is 317 g/mol. The number of amides is 1. The highest BCUT2D eigenvalue weighted by atomic mass is 19.1. The fourth-order valence-electron chi connectivity index (χ4n) is 2.62. The minimum absolute atomic E-state index is 0.314. The van der Waals surface area contributed by atoms with Gasteiger partial charge in [-0.3, -0.25) is 5.10 Å². The fraction of sp³-hybridized carbons (Fsp3) is 0.412. The lowest BCUT2D eigenvalue weighted by molar-refractivity contribution is 0.0270. The van der Waals surface area contributed by atoms with E-state index in [1.54, 1.807) is 11.1 Å². The van der Waals surface area contributed by atoms with Crippen LogP contribution < -0.4 is 0 Å². The molecule has 6 heteroatoms. The van der Waals surface area contributed by atoms with Gasteiger partial charge in [0.25, 0.3) is 0 Å². The van der Waals surface area contributed by atoms with Crippen LogP contribution >= 0.6 is 0 Å². The fourth-order valence-corrected chi connectivity index (χ4v) is 2.62. The lowest BCUT2D eigenvalue weighted by atomic mass is 9.98. The number of hydrogen-bond donors (Lipinski definition) is 1. The van der Waals surface area contributed by atoms with Crippen molar-refractivity contribution >= 4 is 22.6 Å². The summed E-state index contributed by atoms with van der Waals surface area (Å²) in [5.41, 5.74) is 1.78. The molecule has 0 saturated carbocycles. The van der Waals surface area contributed by atoms with Crippen LogP contribution in [0.2, 0.25) is 0 Å². The highest BCUT2D eigenvalue weighted by Gasteiger charge is 2.24. The third-order valence-corrected chi connectivity index (χ3v) is 3.73. The van der Waals surface area contributed by atoms with E-state index in [4.69, 9.17) is 4.74 Å². The number of carbonyl (C=O) groups is 1. The summed E-state index contributed by atoms with van der Waals surface area (Å²) in [7, 11) is 0. The number of ether oxygens (including phenoxy) is 1. The van der Waals surface area contributed by atoms with Crippen molar-refractivity contribution in [2.75, 3.05) is 13.1 Å². The van der Waals surface area contributed by atoms with E-state index in [1.807, 2.05) is 32.9 Å². The second-order valence-electron chi connectivity index (χ2n) is 6.70. The van der Waals surface area contributed by atoms with Gasteiger partial charge in [-0.25, -0.2) is 9.18 Å². The number of halogens is 1. The van der Waals surface area contributed by atoms with Gasteiger partial charge < -0.3 is 9.64 Å². The van der Waals surface area contributed by atoms with E-state index in [1.165, 1.54) is 6.07 Å². The highest BCUT2D eigenvalue weighted by molar-refractivity contribution is 5.84. The Bertz CT molecular complexity index is 774. The van der Waals surface area contributed by atoms with E-state index in [0.29, 0.717) is 25.0 Å². The molecule has 0 radical (unpaired) electrons. The summed E-state index contributed by atoms with van der Waals surface area (Å²) in [5.74, 6) is -0.314. The summed E-state index contributed by atoms with van der Waals surface area (Å²) in [6.07, 6.45) is 3.92. The molecule has 0 aliphatic carbocycles. The predicted molar refractivity (Wildman–Crippen MR) is 86.5 cm³/mol. The number of hydrogen-bond acceptors (Lipinski definition) is 3. The zero-order valence-corrected chi connectivity index (χ0v) is 13.5. The van der Waals surface area contributed by atoms with Crippen LogP contribution in [0.15, 0.2) is 24.4 Å². The van der Waals surface area contributed by atoms with Gasteiger partial charge >= 0.3 is 6.09 Å². The molecular weight excluding hydrogens is 297 g/mol. The van der Waals surface area contributed by atoms with E-state index in [-0.39, 0.29) is 11.9 Å². The molecule has 0 unspecified atom stereocenters. The summed E-state index contributed by atoms with van der Waals surface area (Å²) in [6, 6.07) is 3.42. The maximum atomic E-state index is 14.0. The highest BCUT2D eigenvalue weighted by Crippen LogP contribution is 2.27. The van der Waals surface area contributed by atoms with E-state index in [0.717, 1.165) is 16.5 Å². The van der Waals surface area contributed by atoms with Gasteiger partial charge in [0.15, 0.2) is 0 Å². The SMILES string of the molecule is CC(C)(C)OC(=O)N1CC=C(c2cc(F)c3[nH]ncc3c2)CC1. The van der Waals surface area contributed by atoms with Crippen molar-refractivity contribution < 1.29 is 13.9 Å². The number of fused-ring (bicyclic) bond motifs is 1. The average Bonchev–Trinajstić information content (AvgIpc) is 2.94. The van der Waals surface area contributed by atoms with Crippen molar-refractivity contribution in [3.8, 4) is 0 Å². The first-order valence-corrected chi connectivity index (χ1v) is 7.63. The number of nitrogens with zero attached hydrogens (tertiary/aromatic N) is 2. The maximum Gasteiger partial charge on any atom is 0.410 e. The molecule has 2 heterocycles. The molecule has 2 aromatic rings. The third-order valence-electron chi connectivity index (χ3n) is 3.73. The smallest absolute Gasteiger partial charge is 0.410 e. The molecule has 1 N–H and O–H groups in total. The lowest BCUT2D eigenvalue weighted by Gasteiger charge is -2.29. The molecule has 1 amide bonds. The molecule has 122 valence electrons. The summed E-state index contributed by atoms with van der Waals surface area (Å²) in [5, 5.41) is 7.26. The number of aromatic nitrogens is 2. The zero-order chi connectivity index (χ0) is 16.6. The second-order valence-corrected chi connectivity index (χ2v) is 6.70.